The minimum Gasteiger partial charge on any atom is -0.492 e. The number of ether oxygens (including phenoxy) is 1. The van der Waals surface area contributed by atoms with Crippen LogP contribution in [0.2, 0.25) is 0 Å². The van der Waals surface area contributed by atoms with Gasteiger partial charge in [0.2, 0.25) is 0 Å². The summed E-state index contributed by atoms with van der Waals surface area (Å²) in [5.41, 5.74) is 2.40. The van der Waals surface area contributed by atoms with Gasteiger partial charge in [-0.05, 0) is 68.8 Å². The van der Waals surface area contributed by atoms with Crippen LogP contribution in [0.25, 0.3) is 0 Å². The quantitative estimate of drug-likeness (QED) is 0.271. The molecule has 2 aromatic rings. The molecular formula is C29H42N6O4. The number of hydrogen-bond acceptors (Lipinski definition) is 7. The van der Waals surface area contributed by atoms with Gasteiger partial charge in [0.05, 0.1) is 0 Å². The summed E-state index contributed by atoms with van der Waals surface area (Å²) in [5.74, 6) is 0.836. The minimum absolute atomic E-state index is 0.310. The third kappa shape index (κ3) is 9.40. The van der Waals surface area contributed by atoms with Crippen LogP contribution in [0.1, 0.15) is 36.9 Å². The number of aliphatic carboxylic acids is 1. The van der Waals surface area contributed by atoms with Crippen LogP contribution < -0.4 is 20.7 Å². The van der Waals surface area contributed by atoms with Gasteiger partial charge in [0.15, 0.2) is 0 Å². The largest absolute Gasteiger partial charge is 0.492 e. The molecule has 2 aliphatic heterocycles. The molecule has 2 aliphatic rings. The Hall–Kier alpha value is -3.37. The van der Waals surface area contributed by atoms with Crippen LogP contribution >= 0.6 is 0 Å². The number of piperazine rings is 1. The number of carboxylic acids is 1. The lowest BCUT2D eigenvalue weighted by Gasteiger charge is -2.29. The lowest BCUT2D eigenvalue weighted by Crippen LogP contribution is -2.54. The van der Waals surface area contributed by atoms with Crippen molar-refractivity contribution in [3.05, 3.63) is 53.7 Å². The second-order valence-electron chi connectivity index (χ2n) is 10.2. The predicted molar refractivity (Wildman–Crippen MR) is 151 cm³/mol. The van der Waals surface area contributed by atoms with Crippen LogP contribution in [0.5, 0.6) is 5.75 Å². The molecular weight excluding hydrogens is 496 g/mol. The lowest BCUT2D eigenvalue weighted by atomic mass is 10.1. The molecule has 3 heterocycles. The number of anilines is 1. The highest BCUT2D eigenvalue weighted by molar-refractivity contribution is 5.82. The molecule has 4 rings (SSSR count). The lowest BCUT2D eigenvalue weighted by molar-refractivity contribution is -0.139. The summed E-state index contributed by atoms with van der Waals surface area (Å²) in [7, 11) is 0. The molecule has 1 fully saturated rings. The van der Waals surface area contributed by atoms with Crippen LogP contribution in [0.15, 0.2) is 42.5 Å². The number of carboxylic acid groups (broad SMARTS) is 1. The number of nitrogens with one attached hydrogen (secondary N) is 3. The molecule has 4 N–H and O–H groups in total. The Morgan fingerprint density at radius 3 is 2.67 bits per heavy atom. The molecule has 0 unspecified atom stereocenters. The van der Waals surface area contributed by atoms with Gasteiger partial charge in [-0.3, -0.25) is 4.90 Å². The number of hydrogen-bond donors (Lipinski definition) is 4. The highest BCUT2D eigenvalue weighted by atomic mass is 16.5. The van der Waals surface area contributed by atoms with E-state index in [9.17, 15) is 14.7 Å². The fourth-order valence-corrected chi connectivity index (χ4v) is 4.97. The van der Waals surface area contributed by atoms with E-state index < -0.39 is 12.0 Å². The maximum absolute atomic E-state index is 12.6. The number of urea groups is 1. The summed E-state index contributed by atoms with van der Waals surface area (Å²) in [4.78, 5) is 33.3. The van der Waals surface area contributed by atoms with E-state index in [-0.39, 0.29) is 6.03 Å². The monoisotopic (exact) mass is 538 g/mol. The van der Waals surface area contributed by atoms with E-state index in [2.05, 4.69) is 33.0 Å². The van der Waals surface area contributed by atoms with Crippen molar-refractivity contribution in [1.82, 2.24) is 25.4 Å². The molecule has 2 amide bonds. The number of unbranched alkanes of at least 4 members (excludes halogenated alkanes) is 1. The summed E-state index contributed by atoms with van der Waals surface area (Å²) in [6.07, 6.45) is 5.42. The molecule has 1 atom stereocenters. The van der Waals surface area contributed by atoms with Crippen molar-refractivity contribution in [2.45, 2.75) is 44.6 Å². The Kier molecular flexibility index (Phi) is 11.2. The van der Waals surface area contributed by atoms with E-state index in [0.717, 1.165) is 75.5 Å². The van der Waals surface area contributed by atoms with Gasteiger partial charge in [-0.2, -0.15) is 0 Å². The van der Waals surface area contributed by atoms with E-state index in [1.54, 1.807) is 4.90 Å². The van der Waals surface area contributed by atoms with Crippen molar-refractivity contribution >= 4 is 17.8 Å². The Bertz CT molecular complexity index is 1050. The zero-order valence-electron chi connectivity index (χ0n) is 22.7. The van der Waals surface area contributed by atoms with Crippen LogP contribution in [-0.2, 0) is 17.6 Å². The molecule has 39 heavy (non-hydrogen) atoms. The number of aryl methyl sites for hydroxylation is 2. The number of pyridine rings is 1. The summed E-state index contributed by atoms with van der Waals surface area (Å²) in [6.45, 7) is 6.14. The van der Waals surface area contributed by atoms with Gasteiger partial charge in [-0.1, -0.05) is 24.3 Å². The second kappa shape index (κ2) is 15.3. The van der Waals surface area contributed by atoms with Crippen molar-refractivity contribution in [3.63, 3.8) is 0 Å². The average Bonchev–Trinajstić information content (AvgIpc) is 2.97. The van der Waals surface area contributed by atoms with Gasteiger partial charge >= 0.3 is 12.0 Å². The number of para-hydroxylation sites is 1. The molecule has 10 heteroatoms. The minimum atomic E-state index is -1.01. The number of nitrogens with zero attached hydrogens (tertiary/aromatic N) is 3. The number of aromatic nitrogens is 1. The van der Waals surface area contributed by atoms with Gasteiger partial charge in [-0.15, -0.1) is 0 Å². The van der Waals surface area contributed by atoms with Crippen molar-refractivity contribution in [2.75, 3.05) is 64.3 Å². The maximum Gasteiger partial charge on any atom is 0.326 e. The van der Waals surface area contributed by atoms with Gasteiger partial charge in [-0.25, -0.2) is 14.6 Å². The first kappa shape index (κ1) is 28.6. The molecule has 1 saturated heterocycles. The number of rotatable bonds is 14. The number of amides is 2. The average molecular weight is 539 g/mol. The second-order valence-corrected chi connectivity index (χ2v) is 10.2. The summed E-state index contributed by atoms with van der Waals surface area (Å²) in [5, 5.41) is 19.1. The molecule has 1 aromatic heterocycles. The highest BCUT2D eigenvalue weighted by Gasteiger charge is 2.24. The summed E-state index contributed by atoms with van der Waals surface area (Å²) < 4.78 is 5.91. The first-order chi connectivity index (χ1) is 19.1. The fourth-order valence-electron chi connectivity index (χ4n) is 4.97. The maximum atomic E-state index is 12.6. The van der Waals surface area contributed by atoms with Gasteiger partial charge in [0.1, 0.15) is 24.2 Å². The smallest absolute Gasteiger partial charge is 0.326 e. The number of carbonyl (C=O) groups excluding carboxylic acids is 1. The zero-order valence-corrected chi connectivity index (χ0v) is 22.7. The fraction of sp³-hybridized carbons (Fsp3) is 0.552. The van der Waals surface area contributed by atoms with E-state index in [1.165, 1.54) is 5.56 Å². The molecule has 0 radical (unpaired) electrons. The van der Waals surface area contributed by atoms with E-state index in [1.807, 2.05) is 30.3 Å². The molecule has 0 bridgehead atoms. The number of carbonyl (C=O) groups is 2. The Balaban J connectivity index is 1.27. The van der Waals surface area contributed by atoms with Crippen LogP contribution in [0.3, 0.4) is 0 Å². The third-order valence-electron chi connectivity index (χ3n) is 7.26. The highest BCUT2D eigenvalue weighted by Crippen LogP contribution is 2.20. The molecule has 0 saturated carbocycles. The molecule has 10 nitrogen and oxygen atoms in total. The zero-order chi connectivity index (χ0) is 27.3. The van der Waals surface area contributed by atoms with Crippen molar-refractivity contribution in [2.24, 2.45) is 0 Å². The van der Waals surface area contributed by atoms with Gasteiger partial charge in [0.25, 0.3) is 0 Å². The molecule has 0 spiro atoms. The summed E-state index contributed by atoms with van der Waals surface area (Å²) >= 11 is 0. The molecule has 212 valence electrons. The van der Waals surface area contributed by atoms with Gasteiger partial charge in [0, 0.05) is 51.5 Å². The van der Waals surface area contributed by atoms with Crippen LogP contribution in [0.4, 0.5) is 10.6 Å². The van der Waals surface area contributed by atoms with E-state index >= 15 is 0 Å². The van der Waals surface area contributed by atoms with E-state index in [0.29, 0.717) is 39.2 Å². The Labute approximate surface area is 231 Å². The number of benzene rings is 1. The predicted octanol–water partition coefficient (Wildman–Crippen LogP) is 2.60. The van der Waals surface area contributed by atoms with Crippen molar-refractivity contribution < 1.29 is 19.4 Å². The first-order valence-electron chi connectivity index (χ1n) is 14.2. The first-order valence-corrected chi connectivity index (χ1v) is 14.2. The standard InChI is InChI=1S/C29H42N6O4/c36-28(37)26(33-29(38)35-19-15-30-16-20-35)13-18-34(21-22-39-25-9-2-1-3-10-25)17-5-4-8-24-12-11-23-7-6-14-31-27(23)32-24/h1-3,9-12,26,30H,4-8,13-22H2,(H,31,32)(H,33,38)(H,36,37)/t26-/m0/s1. The Morgan fingerprint density at radius 2 is 1.87 bits per heavy atom. The summed E-state index contributed by atoms with van der Waals surface area (Å²) in [6, 6.07) is 12.8. The molecule has 1 aromatic carbocycles. The van der Waals surface area contributed by atoms with Gasteiger partial charge < -0.3 is 30.7 Å². The van der Waals surface area contributed by atoms with Crippen molar-refractivity contribution in [3.8, 4) is 5.75 Å². The molecule has 0 aliphatic carbocycles. The normalized spacial score (nSPS) is 15.8. The third-order valence-corrected chi connectivity index (χ3v) is 7.26. The SMILES string of the molecule is O=C(O)[C@H](CCN(CCCCc1ccc2c(n1)NCCC2)CCOc1ccccc1)NC(=O)N1CCNCC1. The topological polar surface area (TPSA) is 119 Å². The van der Waals surface area contributed by atoms with E-state index in [4.69, 9.17) is 9.72 Å². The Morgan fingerprint density at radius 1 is 1.05 bits per heavy atom. The van der Waals surface area contributed by atoms with Crippen LogP contribution in [0, 0.1) is 0 Å². The van der Waals surface area contributed by atoms with Crippen molar-refractivity contribution in [1.29, 1.82) is 0 Å². The number of fused-ring (bicyclic) bond motifs is 1. The van der Waals surface area contributed by atoms with Crippen LogP contribution in [-0.4, -0.2) is 96.9 Å².